The molecule has 4 N–H and O–H groups in total. The number of carbonyl (C=O) groups excluding carboxylic acids is 2. The summed E-state index contributed by atoms with van der Waals surface area (Å²) in [4.78, 5) is 25.3. The summed E-state index contributed by atoms with van der Waals surface area (Å²) in [5, 5.41) is 44.7. The van der Waals surface area contributed by atoms with Crippen LogP contribution in [0.3, 0.4) is 0 Å². The van der Waals surface area contributed by atoms with Gasteiger partial charge in [0.1, 0.15) is 6.10 Å². The van der Waals surface area contributed by atoms with Crippen LogP contribution in [0.4, 0.5) is 0 Å². The summed E-state index contributed by atoms with van der Waals surface area (Å²) >= 11 is 0. The van der Waals surface area contributed by atoms with Gasteiger partial charge in [0.15, 0.2) is 0 Å². The Labute approximate surface area is 625 Å². The molecule has 0 bridgehead atoms. The Kier molecular flexibility index (Phi) is 19.1. The molecule has 102 heavy (non-hydrogen) atoms. The lowest BCUT2D eigenvalue weighted by molar-refractivity contribution is -0.252. The third-order valence-electron chi connectivity index (χ3n) is 42.2. The molecule has 0 spiro atoms. The molecule has 8 nitrogen and oxygen atoms in total. The molecule has 15 aliphatic carbocycles. The maximum Gasteiger partial charge on any atom is 0.312 e. The van der Waals surface area contributed by atoms with E-state index in [1.807, 2.05) is 13.8 Å². The average Bonchev–Trinajstić information content (AvgIpc) is 0.988. The van der Waals surface area contributed by atoms with Crippen LogP contribution in [-0.4, -0.2) is 68.5 Å². The SMILES string of the molecule is CC(=O)O[C@H]1CC[C@@]2(C)C(CC[C@]3(C)C2CCC2C4[C@H](C(C)(C)O)CC[C@]4(C)CC[C@]23C)C1(C)C.COC(=O)[C@]12CC[C@@H](C(C)(C)O)C1C1CCC3[C@@]4(C)CC[C@H](O)C(C)(C)C4CC[C@@]3(C)[C@]1(C)CC2.C[C@H]1CC[C@@]2(C)C(CC[C@]3(C)C2CCC2C4[C@H](C(C)(C)O)CC[C@]4(C)CC[C@]23C)C1(C)C. The summed E-state index contributed by atoms with van der Waals surface area (Å²) in [5.74, 6) is 9.63. The second-order valence-electron chi connectivity index (χ2n) is 47.5. The van der Waals surface area contributed by atoms with Crippen LogP contribution in [0.15, 0.2) is 0 Å². The first-order valence-electron chi connectivity index (χ1n) is 43.8. The minimum atomic E-state index is -0.788. The summed E-state index contributed by atoms with van der Waals surface area (Å²) in [6.07, 6.45) is 37.1. The van der Waals surface area contributed by atoms with E-state index in [1.165, 1.54) is 141 Å². The van der Waals surface area contributed by atoms with E-state index < -0.39 is 22.2 Å². The maximum atomic E-state index is 13.4. The molecule has 0 saturated heterocycles. The lowest BCUT2D eigenvalue weighted by Crippen LogP contribution is -2.67. The Morgan fingerprint density at radius 3 is 1.11 bits per heavy atom. The van der Waals surface area contributed by atoms with Gasteiger partial charge in [0, 0.05) is 12.3 Å². The second-order valence-corrected chi connectivity index (χ2v) is 47.5. The Bertz CT molecular complexity index is 3160. The van der Waals surface area contributed by atoms with Crippen LogP contribution < -0.4 is 0 Å². The van der Waals surface area contributed by atoms with E-state index in [9.17, 15) is 30.0 Å². The second kappa shape index (κ2) is 24.6. The quantitative estimate of drug-likeness (QED) is 0.200. The van der Waals surface area contributed by atoms with Gasteiger partial charge in [0.25, 0.3) is 0 Å². The Balaban J connectivity index is 0.000000137. The number of rotatable bonds is 5. The molecular formula is C94H160O8. The maximum absolute atomic E-state index is 13.4. The van der Waals surface area contributed by atoms with Gasteiger partial charge in [-0.1, -0.05) is 125 Å². The molecule has 0 aliphatic heterocycles. The zero-order chi connectivity index (χ0) is 75.2. The third-order valence-corrected chi connectivity index (χ3v) is 42.2. The predicted molar refractivity (Wildman–Crippen MR) is 415 cm³/mol. The molecule has 0 aromatic rings. The Morgan fingerprint density at radius 2 is 0.706 bits per heavy atom. The highest BCUT2D eigenvalue weighted by atomic mass is 16.5. The van der Waals surface area contributed by atoms with Gasteiger partial charge in [0.2, 0.25) is 0 Å². The standard InChI is InChI=1S/C32H54O3.C31H52O4.C31H54O/c1-20(33)35-25-14-16-30(7)23(27(25,2)3)13-17-32(9)24(30)11-10-22-26-21(28(4,5)34)12-15-29(26,6)18-19-31(22,32)8;1-26(2)21-12-15-30(7)22(28(21,5)14-13-23(26)32)10-9-20-24-19(27(3,4)34)11-16-31(24,25(33)35-8)18-17-29(20,30)6;1-20-12-16-29(7)23(26(20,2)3)14-17-31(9)24(29)11-10-22-25-21(27(4,5)32)13-15-28(25,6)18-19-30(22,31)8/h21-26,34H,10-19H2,1-9H3;19-24,32,34H,9-18H2,1-8H3;20-25,32H,10-19H2,1-9H3/t21-,22?,23?,24?,25+,26?,29-,30+,31-,32-;19-,20?,21?,22?,23+,24?,28+,29-,30-,31+;20-,21+,22?,23?,24?,25?,28+,29-,30+,31+/m110/s1. The molecule has 0 amide bonds. The number of esters is 2. The van der Waals surface area contributed by atoms with Crippen LogP contribution in [0.25, 0.3) is 0 Å². The first-order valence-corrected chi connectivity index (χ1v) is 43.8. The van der Waals surface area contributed by atoms with Crippen molar-refractivity contribution >= 4 is 11.9 Å². The highest BCUT2D eigenvalue weighted by Gasteiger charge is 2.76. The van der Waals surface area contributed by atoms with Gasteiger partial charge >= 0.3 is 11.9 Å². The van der Waals surface area contributed by atoms with Crippen molar-refractivity contribution in [1.82, 2.24) is 0 Å². The highest BCUT2D eigenvalue weighted by Crippen LogP contribution is 2.82. The summed E-state index contributed by atoms with van der Waals surface area (Å²) in [6, 6.07) is 0. The van der Waals surface area contributed by atoms with Crippen molar-refractivity contribution in [2.75, 3.05) is 7.11 Å². The first-order chi connectivity index (χ1) is 46.7. The fraction of sp³-hybridized carbons (Fsp3) is 0.979. The number of methoxy groups -OCH3 is 1. The van der Waals surface area contributed by atoms with Crippen molar-refractivity contribution in [3.05, 3.63) is 0 Å². The first kappa shape index (κ1) is 78.9. The Morgan fingerprint density at radius 1 is 0.353 bits per heavy atom. The largest absolute Gasteiger partial charge is 0.469 e. The summed E-state index contributed by atoms with van der Waals surface area (Å²) in [6.45, 7) is 60.1. The van der Waals surface area contributed by atoms with Crippen molar-refractivity contribution in [1.29, 1.82) is 0 Å². The number of aliphatic hydroxyl groups excluding tert-OH is 1. The summed E-state index contributed by atoms with van der Waals surface area (Å²) in [5.41, 5.74) is 2.06. The molecule has 0 aromatic heterocycles. The molecule has 0 aromatic carbocycles. The topological polar surface area (TPSA) is 134 Å². The number of fused-ring (bicyclic) bond motifs is 21. The normalized spacial score (nSPS) is 54.4. The number of hydrogen-bond donors (Lipinski definition) is 4. The Hall–Kier alpha value is -1.22. The fourth-order valence-corrected chi connectivity index (χ4v) is 36.0. The van der Waals surface area contributed by atoms with Gasteiger partial charge in [-0.05, 0) is 399 Å². The third kappa shape index (κ3) is 10.8. The van der Waals surface area contributed by atoms with E-state index >= 15 is 0 Å². The molecule has 0 radical (unpaired) electrons. The van der Waals surface area contributed by atoms with E-state index in [0.29, 0.717) is 96.1 Å². The summed E-state index contributed by atoms with van der Waals surface area (Å²) < 4.78 is 11.4. The van der Waals surface area contributed by atoms with Crippen molar-refractivity contribution < 1.29 is 39.5 Å². The van der Waals surface area contributed by atoms with Gasteiger partial charge in [-0.15, -0.1) is 0 Å². The number of ether oxygens (including phenoxy) is 2. The van der Waals surface area contributed by atoms with Crippen LogP contribution in [0.5, 0.6) is 0 Å². The van der Waals surface area contributed by atoms with E-state index in [2.05, 4.69) is 152 Å². The van der Waals surface area contributed by atoms with Crippen LogP contribution in [-0.2, 0) is 19.1 Å². The van der Waals surface area contributed by atoms with Crippen LogP contribution in [0, 0.1) is 176 Å². The molecule has 15 aliphatic rings. The zero-order valence-electron chi connectivity index (χ0n) is 71.0. The lowest BCUT2D eigenvalue weighted by atomic mass is 9.32. The van der Waals surface area contributed by atoms with E-state index in [4.69, 9.17) is 9.47 Å². The molecule has 584 valence electrons. The minimum absolute atomic E-state index is 0.0257. The van der Waals surface area contributed by atoms with Crippen molar-refractivity contribution in [3.8, 4) is 0 Å². The van der Waals surface area contributed by atoms with E-state index in [0.717, 1.165) is 86.9 Å². The number of hydrogen-bond acceptors (Lipinski definition) is 8. The van der Waals surface area contributed by atoms with Crippen molar-refractivity contribution in [3.63, 3.8) is 0 Å². The molecular weight excluding hydrogens is 1260 g/mol. The van der Waals surface area contributed by atoms with Crippen LogP contribution >= 0.6 is 0 Å². The fourth-order valence-electron chi connectivity index (χ4n) is 36.0. The van der Waals surface area contributed by atoms with Crippen LogP contribution in [0.2, 0.25) is 0 Å². The van der Waals surface area contributed by atoms with Gasteiger partial charge < -0.3 is 29.9 Å². The van der Waals surface area contributed by atoms with Gasteiger partial charge in [-0.3, -0.25) is 9.59 Å². The van der Waals surface area contributed by atoms with Crippen molar-refractivity contribution in [2.45, 2.75) is 395 Å². The summed E-state index contributed by atoms with van der Waals surface area (Å²) in [7, 11) is 1.55. The van der Waals surface area contributed by atoms with Gasteiger partial charge in [0.05, 0.1) is 35.4 Å². The zero-order valence-corrected chi connectivity index (χ0v) is 71.0. The smallest absolute Gasteiger partial charge is 0.312 e. The van der Waals surface area contributed by atoms with Gasteiger partial charge in [-0.25, -0.2) is 0 Å². The predicted octanol–water partition coefficient (Wildman–Crippen LogP) is 22.7. The molecule has 12 unspecified atom stereocenters. The number of aliphatic hydroxyl groups is 4. The molecule has 15 rings (SSSR count). The highest BCUT2D eigenvalue weighted by molar-refractivity contribution is 5.78. The van der Waals surface area contributed by atoms with Crippen LogP contribution in [0.1, 0.15) is 366 Å². The monoisotopic (exact) mass is 1420 g/mol. The molecule has 15 saturated carbocycles. The minimum Gasteiger partial charge on any atom is -0.469 e. The van der Waals surface area contributed by atoms with Gasteiger partial charge in [-0.2, -0.15) is 0 Å². The molecule has 8 heteroatoms. The molecule has 15 fully saturated rings. The molecule has 30 atom stereocenters. The number of carbonyl (C=O) groups is 2. The lowest BCUT2D eigenvalue weighted by Gasteiger charge is -2.73. The van der Waals surface area contributed by atoms with Crippen molar-refractivity contribution in [2.24, 2.45) is 176 Å². The molecule has 0 heterocycles. The average molecular weight is 1420 g/mol. The van der Waals surface area contributed by atoms with E-state index in [-0.39, 0.29) is 63.1 Å². The van der Waals surface area contributed by atoms with E-state index in [1.54, 1.807) is 14.0 Å².